The van der Waals surface area contributed by atoms with Crippen LogP contribution in [-0.2, 0) is 17.9 Å². The first-order valence-electron chi connectivity index (χ1n) is 8.89. The summed E-state index contributed by atoms with van der Waals surface area (Å²) in [7, 11) is 5.35. The fraction of sp³-hybridized carbons (Fsp3) is 0.381. The van der Waals surface area contributed by atoms with E-state index in [0.717, 1.165) is 22.6 Å². The average molecular weight is 391 g/mol. The number of carbonyl (C=O) groups is 1. The minimum absolute atomic E-state index is 0.0485. The number of rotatable bonds is 9. The van der Waals surface area contributed by atoms with E-state index in [9.17, 15) is 4.79 Å². The van der Waals surface area contributed by atoms with Crippen LogP contribution in [0.1, 0.15) is 18.1 Å². The van der Waals surface area contributed by atoms with Gasteiger partial charge in [-0.1, -0.05) is 23.7 Å². The molecule has 5 nitrogen and oxygen atoms in total. The molecule has 27 heavy (non-hydrogen) atoms. The Hall–Kier alpha value is -2.24. The monoisotopic (exact) mass is 390 g/mol. The second-order valence-corrected chi connectivity index (χ2v) is 6.89. The van der Waals surface area contributed by atoms with Crippen LogP contribution in [0.4, 0.5) is 0 Å². The number of ether oxygens (including phenoxy) is 2. The molecule has 0 saturated carbocycles. The lowest BCUT2D eigenvalue weighted by molar-refractivity contribution is -0.131. The first kappa shape index (κ1) is 21.1. The summed E-state index contributed by atoms with van der Waals surface area (Å²) in [5, 5.41) is 0.651. The molecular formula is C21H27ClN2O3. The predicted octanol–water partition coefficient (Wildman–Crippen LogP) is 3.84. The SMILES string of the molecule is CCOc1ccc(CN(C)C(=O)CN(C)Cc2cc(Cl)ccc2OC)cc1. The molecular weight excluding hydrogens is 364 g/mol. The number of amides is 1. The van der Waals surface area contributed by atoms with Crippen molar-refractivity contribution in [1.29, 1.82) is 0 Å². The summed E-state index contributed by atoms with van der Waals surface area (Å²) in [5.41, 5.74) is 2.02. The van der Waals surface area contributed by atoms with E-state index in [1.54, 1.807) is 18.1 Å². The van der Waals surface area contributed by atoms with Crippen molar-refractivity contribution in [2.45, 2.75) is 20.0 Å². The average Bonchev–Trinajstić information content (AvgIpc) is 2.63. The summed E-state index contributed by atoms with van der Waals surface area (Å²) >= 11 is 6.08. The molecule has 0 N–H and O–H groups in total. The maximum absolute atomic E-state index is 12.5. The van der Waals surface area contributed by atoms with E-state index in [1.165, 1.54) is 0 Å². The largest absolute Gasteiger partial charge is 0.496 e. The van der Waals surface area contributed by atoms with Crippen LogP contribution in [0, 0.1) is 0 Å². The third kappa shape index (κ3) is 6.45. The predicted molar refractivity (Wildman–Crippen MR) is 108 cm³/mol. The second kappa shape index (κ2) is 10.2. The van der Waals surface area contributed by atoms with Crippen LogP contribution in [0.15, 0.2) is 42.5 Å². The fourth-order valence-corrected chi connectivity index (χ4v) is 2.98. The number of nitrogens with zero attached hydrogens (tertiary/aromatic N) is 2. The van der Waals surface area contributed by atoms with Crippen molar-refractivity contribution < 1.29 is 14.3 Å². The number of hydrogen-bond acceptors (Lipinski definition) is 4. The van der Waals surface area contributed by atoms with E-state index in [4.69, 9.17) is 21.1 Å². The highest BCUT2D eigenvalue weighted by atomic mass is 35.5. The van der Waals surface area contributed by atoms with Gasteiger partial charge in [0, 0.05) is 30.7 Å². The van der Waals surface area contributed by atoms with Gasteiger partial charge in [-0.2, -0.15) is 0 Å². The third-order valence-corrected chi connectivity index (χ3v) is 4.40. The van der Waals surface area contributed by atoms with Crippen molar-refractivity contribution in [3.8, 4) is 11.5 Å². The molecule has 0 atom stereocenters. The highest BCUT2D eigenvalue weighted by molar-refractivity contribution is 6.30. The molecule has 0 radical (unpaired) electrons. The number of methoxy groups -OCH3 is 1. The van der Waals surface area contributed by atoms with E-state index in [1.807, 2.05) is 62.3 Å². The molecule has 0 bridgehead atoms. The summed E-state index contributed by atoms with van der Waals surface area (Å²) in [4.78, 5) is 16.2. The molecule has 0 saturated heterocycles. The number of hydrogen-bond donors (Lipinski definition) is 0. The minimum Gasteiger partial charge on any atom is -0.496 e. The van der Waals surface area contributed by atoms with Crippen LogP contribution in [-0.4, -0.2) is 50.1 Å². The van der Waals surface area contributed by atoms with Crippen LogP contribution in [0.25, 0.3) is 0 Å². The Kier molecular flexibility index (Phi) is 7.95. The van der Waals surface area contributed by atoms with Crippen LogP contribution in [0.3, 0.4) is 0 Å². The number of benzene rings is 2. The molecule has 0 aromatic heterocycles. The molecule has 1 amide bonds. The quantitative estimate of drug-likeness (QED) is 0.652. The van der Waals surface area contributed by atoms with Crippen molar-refractivity contribution >= 4 is 17.5 Å². The topological polar surface area (TPSA) is 42.0 Å². The Morgan fingerprint density at radius 3 is 2.41 bits per heavy atom. The number of halogens is 1. The highest BCUT2D eigenvalue weighted by Crippen LogP contribution is 2.23. The summed E-state index contributed by atoms with van der Waals surface area (Å²) in [6.07, 6.45) is 0. The zero-order chi connectivity index (χ0) is 19.8. The van der Waals surface area contributed by atoms with Crippen molar-refractivity contribution in [3.63, 3.8) is 0 Å². The van der Waals surface area contributed by atoms with Crippen molar-refractivity contribution in [1.82, 2.24) is 9.80 Å². The van der Waals surface area contributed by atoms with E-state index in [2.05, 4.69) is 0 Å². The molecule has 0 unspecified atom stereocenters. The normalized spacial score (nSPS) is 10.7. The first-order valence-corrected chi connectivity index (χ1v) is 9.27. The number of carbonyl (C=O) groups excluding carboxylic acids is 1. The summed E-state index contributed by atoms with van der Waals surface area (Å²) in [6, 6.07) is 13.3. The minimum atomic E-state index is 0.0485. The summed E-state index contributed by atoms with van der Waals surface area (Å²) < 4.78 is 10.8. The van der Waals surface area contributed by atoms with E-state index < -0.39 is 0 Å². The molecule has 0 aliphatic carbocycles. The van der Waals surface area contributed by atoms with Gasteiger partial charge in [0.2, 0.25) is 5.91 Å². The van der Waals surface area contributed by atoms with Gasteiger partial charge in [-0.3, -0.25) is 9.69 Å². The van der Waals surface area contributed by atoms with Gasteiger partial charge in [0.1, 0.15) is 11.5 Å². The van der Waals surface area contributed by atoms with E-state index >= 15 is 0 Å². The summed E-state index contributed by atoms with van der Waals surface area (Å²) in [5.74, 6) is 1.65. The van der Waals surface area contributed by atoms with Gasteiger partial charge < -0.3 is 14.4 Å². The lowest BCUT2D eigenvalue weighted by atomic mass is 10.2. The molecule has 6 heteroatoms. The molecule has 0 heterocycles. The Bertz CT molecular complexity index is 750. The Morgan fingerprint density at radius 1 is 1.07 bits per heavy atom. The van der Waals surface area contributed by atoms with Crippen LogP contribution in [0.2, 0.25) is 5.02 Å². The molecule has 2 aromatic carbocycles. The van der Waals surface area contributed by atoms with Crippen LogP contribution < -0.4 is 9.47 Å². The molecule has 2 rings (SSSR count). The first-order chi connectivity index (χ1) is 12.9. The van der Waals surface area contributed by atoms with Gasteiger partial charge in [-0.05, 0) is 49.9 Å². The van der Waals surface area contributed by atoms with Gasteiger partial charge in [0.05, 0.1) is 20.3 Å². The Balaban J connectivity index is 1.90. The molecule has 0 aliphatic heterocycles. The van der Waals surface area contributed by atoms with Gasteiger partial charge in [0.15, 0.2) is 0 Å². The molecule has 146 valence electrons. The van der Waals surface area contributed by atoms with Crippen LogP contribution in [0.5, 0.6) is 11.5 Å². The van der Waals surface area contributed by atoms with Crippen molar-refractivity contribution in [2.24, 2.45) is 0 Å². The zero-order valence-corrected chi connectivity index (χ0v) is 17.1. The van der Waals surface area contributed by atoms with Gasteiger partial charge in [-0.15, -0.1) is 0 Å². The van der Waals surface area contributed by atoms with Crippen molar-refractivity contribution in [3.05, 3.63) is 58.6 Å². The van der Waals surface area contributed by atoms with Crippen molar-refractivity contribution in [2.75, 3.05) is 34.4 Å². The Labute approximate surface area is 166 Å². The molecule has 0 fully saturated rings. The van der Waals surface area contributed by atoms with E-state index in [-0.39, 0.29) is 5.91 Å². The second-order valence-electron chi connectivity index (χ2n) is 6.46. The van der Waals surface area contributed by atoms with Crippen LogP contribution >= 0.6 is 11.6 Å². The van der Waals surface area contributed by atoms with Gasteiger partial charge in [-0.25, -0.2) is 0 Å². The highest BCUT2D eigenvalue weighted by Gasteiger charge is 2.14. The van der Waals surface area contributed by atoms with Gasteiger partial charge in [0.25, 0.3) is 0 Å². The molecule has 2 aromatic rings. The van der Waals surface area contributed by atoms with Gasteiger partial charge >= 0.3 is 0 Å². The third-order valence-electron chi connectivity index (χ3n) is 4.17. The lowest BCUT2D eigenvalue weighted by Gasteiger charge is -2.23. The lowest BCUT2D eigenvalue weighted by Crippen LogP contribution is -2.36. The number of likely N-dealkylation sites (N-methyl/N-ethyl adjacent to an activating group) is 2. The fourth-order valence-electron chi connectivity index (χ4n) is 2.79. The maximum atomic E-state index is 12.5. The maximum Gasteiger partial charge on any atom is 0.236 e. The molecule has 0 aliphatic rings. The smallest absolute Gasteiger partial charge is 0.236 e. The Morgan fingerprint density at radius 2 is 1.78 bits per heavy atom. The summed E-state index contributed by atoms with van der Waals surface area (Å²) in [6.45, 7) is 4.03. The standard InChI is InChI=1S/C21H27ClN2O3/c1-5-27-19-9-6-16(7-10-19)13-24(3)21(25)15-23(2)14-17-12-18(22)8-11-20(17)26-4/h6-12H,5,13-15H2,1-4H3. The zero-order valence-electron chi connectivity index (χ0n) is 16.4. The van der Waals surface area contributed by atoms with E-state index in [0.29, 0.717) is 31.3 Å². The molecule has 0 spiro atoms.